The number of aromatic nitrogens is 1. The average Bonchev–Trinajstić information content (AvgIpc) is 3.46. The number of Topliss-reactive ketones (excluding diaryl/α,β-unsaturated/α-hetero) is 1. The molecule has 4 rings (SSSR count). The second kappa shape index (κ2) is 9.90. The van der Waals surface area contributed by atoms with Gasteiger partial charge in [-0.1, -0.05) is 19.1 Å². The molecule has 0 N–H and O–H groups in total. The van der Waals surface area contributed by atoms with Crippen LogP contribution < -0.4 is 14.4 Å². The lowest BCUT2D eigenvalue weighted by molar-refractivity contribution is 0.0975. The van der Waals surface area contributed by atoms with Crippen LogP contribution in [-0.2, 0) is 0 Å². The Balaban J connectivity index is 1.31. The topological polar surface area (TPSA) is 64.8 Å². The number of furan rings is 1. The minimum Gasteiger partial charge on any atom is -0.489 e. The first-order chi connectivity index (χ1) is 15.5. The highest BCUT2D eigenvalue weighted by Gasteiger charge is 2.25. The number of carbonyl (C=O) groups is 1. The second-order valence-corrected chi connectivity index (χ2v) is 8.60. The van der Waals surface area contributed by atoms with Crippen molar-refractivity contribution in [3.8, 4) is 11.6 Å². The molecule has 3 aromatic rings. The fraction of sp³-hybridized carbons (Fsp3) is 0.385. The van der Waals surface area contributed by atoms with E-state index in [4.69, 9.17) is 13.9 Å². The molecule has 1 aromatic carbocycles. The molecule has 168 valence electrons. The maximum Gasteiger partial charge on any atom is 0.215 e. The number of anilines is 1. The highest BCUT2D eigenvalue weighted by Crippen LogP contribution is 2.28. The number of pyridine rings is 1. The van der Waals surface area contributed by atoms with Crippen molar-refractivity contribution >= 4 is 11.5 Å². The Morgan fingerprint density at radius 1 is 1.19 bits per heavy atom. The zero-order valence-electron chi connectivity index (χ0n) is 18.9. The van der Waals surface area contributed by atoms with Crippen LogP contribution >= 0.6 is 0 Å². The predicted octanol–water partition coefficient (Wildman–Crippen LogP) is 5.50. The molecule has 0 saturated carbocycles. The van der Waals surface area contributed by atoms with Crippen LogP contribution in [0.2, 0.25) is 0 Å². The monoisotopic (exact) mass is 434 g/mol. The molecule has 3 heterocycles. The number of benzene rings is 1. The number of nitrogens with zero attached hydrogens (tertiary/aromatic N) is 2. The SMILES string of the molecule is CC(C)Oc1cc(N2CCC(Oc3ccc([C@H](C)CC(=O)c4ccoc4)cc3)C2)ccn1. The van der Waals surface area contributed by atoms with Crippen LogP contribution in [-0.4, -0.2) is 36.1 Å². The van der Waals surface area contributed by atoms with Crippen molar-refractivity contribution in [3.05, 3.63) is 72.3 Å². The molecule has 0 spiro atoms. The maximum absolute atomic E-state index is 12.3. The van der Waals surface area contributed by atoms with Crippen molar-refractivity contribution in [2.75, 3.05) is 18.0 Å². The standard InChI is InChI=1S/C26H30N2O4/c1-18(2)31-26-15-22(8-11-27-26)28-12-9-24(16-28)32-23-6-4-20(5-7-23)19(3)14-25(29)21-10-13-30-17-21/h4-8,10-11,13,15,17-19,24H,9,12,14,16H2,1-3H3/t19-,24?/m1/s1. The zero-order chi connectivity index (χ0) is 22.5. The molecule has 0 amide bonds. The molecule has 0 aliphatic carbocycles. The number of hydrogen-bond donors (Lipinski definition) is 0. The largest absolute Gasteiger partial charge is 0.489 e. The van der Waals surface area contributed by atoms with Crippen LogP contribution in [0.3, 0.4) is 0 Å². The van der Waals surface area contributed by atoms with Gasteiger partial charge in [0.25, 0.3) is 0 Å². The third-order valence-electron chi connectivity index (χ3n) is 5.67. The summed E-state index contributed by atoms with van der Waals surface area (Å²) in [5, 5.41) is 0. The van der Waals surface area contributed by atoms with E-state index in [1.54, 1.807) is 12.3 Å². The molecule has 32 heavy (non-hydrogen) atoms. The van der Waals surface area contributed by atoms with E-state index < -0.39 is 0 Å². The fourth-order valence-corrected chi connectivity index (χ4v) is 3.96. The number of rotatable bonds is 9. The Kier molecular flexibility index (Phi) is 6.78. The summed E-state index contributed by atoms with van der Waals surface area (Å²) >= 11 is 0. The molecule has 1 unspecified atom stereocenters. The van der Waals surface area contributed by atoms with E-state index in [2.05, 4.69) is 16.8 Å². The van der Waals surface area contributed by atoms with Crippen molar-refractivity contribution < 1.29 is 18.7 Å². The lowest BCUT2D eigenvalue weighted by Gasteiger charge is -2.20. The van der Waals surface area contributed by atoms with Gasteiger partial charge in [0.1, 0.15) is 18.1 Å². The summed E-state index contributed by atoms with van der Waals surface area (Å²) in [5.41, 5.74) is 2.85. The Morgan fingerprint density at radius 3 is 2.72 bits per heavy atom. The minimum absolute atomic E-state index is 0.0932. The van der Waals surface area contributed by atoms with E-state index >= 15 is 0 Å². The number of ether oxygens (including phenoxy) is 2. The van der Waals surface area contributed by atoms with Gasteiger partial charge in [-0.25, -0.2) is 4.98 Å². The van der Waals surface area contributed by atoms with Gasteiger partial charge >= 0.3 is 0 Å². The van der Waals surface area contributed by atoms with Gasteiger partial charge < -0.3 is 18.8 Å². The van der Waals surface area contributed by atoms with Crippen molar-refractivity contribution in [2.45, 2.75) is 51.7 Å². The van der Waals surface area contributed by atoms with Crippen LogP contribution in [0.4, 0.5) is 5.69 Å². The molecule has 6 heteroatoms. The van der Waals surface area contributed by atoms with Gasteiger partial charge in [0, 0.05) is 37.3 Å². The molecule has 2 atom stereocenters. The Labute approximate surface area is 189 Å². The fourth-order valence-electron chi connectivity index (χ4n) is 3.96. The van der Waals surface area contributed by atoms with Gasteiger partial charge in [-0.2, -0.15) is 0 Å². The molecule has 2 aromatic heterocycles. The van der Waals surface area contributed by atoms with Gasteiger partial charge in [0.15, 0.2) is 5.78 Å². The van der Waals surface area contributed by atoms with Crippen molar-refractivity contribution in [1.29, 1.82) is 0 Å². The lowest BCUT2D eigenvalue weighted by atomic mass is 9.94. The Hall–Kier alpha value is -3.28. The van der Waals surface area contributed by atoms with Gasteiger partial charge in [-0.15, -0.1) is 0 Å². The second-order valence-electron chi connectivity index (χ2n) is 8.60. The van der Waals surface area contributed by atoms with Crippen molar-refractivity contribution in [2.24, 2.45) is 0 Å². The molecule has 1 aliphatic heterocycles. The van der Waals surface area contributed by atoms with Gasteiger partial charge in [0.2, 0.25) is 5.88 Å². The lowest BCUT2D eigenvalue weighted by Crippen LogP contribution is -2.24. The van der Waals surface area contributed by atoms with Crippen LogP contribution in [0.5, 0.6) is 11.6 Å². The van der Waals surface area contributed by atoms with E-state index in [-0.39, 0.29) is 23.9 Å². The summed E-state index contributed by atoms with van der Waals surface area (Å²) in [6, 6.07) is 13.8. The molecule has 0 bridgehead atoms. The van der Waals surface area contributed by atoms with Crippen LogP contribution in [0.1, 0.15) is 55.5 Å². The summed E-state index contributed by atoms with van der Waals surface area (Å²) in [6.07, 6.45) is 6.46. The quantitative estimate of drug-likeness (QED) is 0.415. The van der Waals surface area contributed by atoms with E-state index in [0.717, 1.165) is 36.5 Å². The van der Waals surface area contributed by atoms with E-state index in [9.17, 15) is 4.79 Å². The molecule has 1 aliphatic rings. The highest BCUT2D eigenvalue weighted by molar-refractivity contribution is 5.96. The molecule has 0 radical (unpaired) electrons. The third kappa shape index (κ3) is 5.49. The first-order valence-electron chi connectivity index (χ1n) is 11.2. The maximum atomic E-state index is 12.3. The van der Waals surface area contributed by atoms with E-state index in [1.807, 2.05) is 50.2 Å². The first kappa shape index (κ1) is 21.9. The van der Waals surface area contributed by atoms with E-state index in [0.29, 0.717) is 17.9 Å². The predicted molar refractivity (Wildman–Crippen MR) is 124 cm³/mol. The van der Waals surface area contributed by atoms with Crippen LogP contribution in [0.25, 0.3) is 0 Å². The van der Waals surface area contributed by atoms with Gasteiger partial charge in [0.05, 0.1) is 24.5 Å². The number of hydrogen-bond acceptors (Lipinski definition) is 6. The van der Waals surface area contributed by atoms with Gasteiger partial charge in [-0.05, 0) is 49.6 Å². The minimum atomic E-state index is 0.0932. The zero-order valence-corrected chi connectivity index (χ0v) is 18.9. The van der Waals surface area contributed by atoms with E-state index in [1.165, 1.54) is 12.5 Å². The normalized spacial score (nSPS) is 16.9. The summed E-state index contributed by atoms with van der Waals surface area (Å²) in [5.74, 6) is 1.73. The first-order valence-corrected chi connectivity index (χ1v) is 11.2. The molecule has 6 nitrogen and oxygen atoms in total. The Bertz CT molecular complexity index is 1010. The molecular weight excluding hydrogens is 404 g/mol. The summed E-state index contributed by atoms with van der Waals surface area (Å²) in [6.45, 7) is 7.81. The summed E-state index contributed by atoms with van der Waals surface area (Å²) < 4.78 is 17.0. The third-order valence-corrected chi connectivity index (χ3v) is 5.67. The number of carbonyl (C=O) groups excluding carboxylic acids is 1. The number of ketones is 1. The van der Waals surface area contributed by atoms with Crippen LogP contribution in [0.15, 0.2) is 65.6 Å². The smallest absolute Gasteiger partial charge is 0.215 e. The van der Waals surface area contributed by atoms with Crippen molar-refractivity contribution in [1.82, 2.24) is 4.98 Å². The average molecular weight is 435 g/mol. The molecule has 1 saturated heterocycles. The highest BCUT2D eigenvalue weighted by atomic mass is 16.5. The summed E-state index contributed by atoms with van der Waals surface area (Å²) in [7, 11) is 0. The van der Waals surface area contributed by atoms with Crippen LogP contribution in [0, 0.1) is 0 Å². The Morgan fingerprint density at radius 2 is 2.00 bits per heavy atom. The molecule has 1 fully saturated rings. The molecular formula is C26H30N2O4. The summed E-state index contributed by atoms with van der Waals surface area (Å²) in [4.78, 5) is 18.9. The van der Waals surface area contributed by atoms with Crippen molar-refractivity contribution in [3.63, 3.8) is 0 Å². The van der Waals surface area contributed by atoms with Gasteiger partial charge in [-0.3, -0.25) is 4.79 Å².